The lowest BCUT2D eigenvalue weighted by Gasteiger charge is -2.25. The van der Waals surface area contributed by atoms with Crippen LogP contribution in [0.15, 0.2) is 35.2 Å². The summed E-state index contributed by atoms with van der Waals surface area (Å²) in [7, 11) is 1.72. The number of hydrogen-bond donors (Lipinski definition) is 0. The Kier molecular flexibility index (Phi) is 3.52. The molecule has 1 saturated heterocycles. The van der Waals surface area contributed by atoms with Crippen LogP contribution in [0.1, 0.15) is 35.8 Å². The number of carbonyl (C=O) groups is 1. The molecule has 27 heavy (non-hydrogen) atoms. The molecule has 1 amide bonds. The van der Waals surface area contributed by atoms with E-state index in [1.54, 1.807) is 41.3 Å². The summed E-state index contributed by atoms with van der Waals surface area (Å²) in [5.41, 5.74) is 1.62. The summed E-state index contributed by atoms with van der Waals surface area (Å²) in [5.74, 6) is 1.02. The molecule has 1 radical (unpaired) electrons. The summed E-state index contributed by atoms with van der Waals surface area (Å²) < 4.78 is 7.62. The van der Waals surface area contributed by atoms with E-state index in [1.807, 2.05) is 17.9 Å². The molecule has 0 spiro atoms. The molecule has 1 aromatic heterocycles. The smallest absolute Gasteiger partial charge is 0.318 e. The van der Waals surface area contributed by atoms with Gasteiger partial charge in [-0.3, -0.25) is 9.69 Å². The predicted octanol–water partition coefficient (Wildman–Crippen LogP) is 2.64. The Labute approximate surface area is 160 Å². The largest absolute Gasteiger partial charge is 0.369 e. The third-order valence-electron chi connectivity index (χ3n) is 5.31. The molecule has 1 aromatic carbocycles. The van der Waals surface area contributed by atoms with Crippen LogP contribution < -0.4 is 4.90 Å². The highest BCUT2D eigenvalue weighted by Crippen LogP contribution is 2.40. The van der Waals surface area contributed by atoms with Gasteiger partial charge < -0.3 is 4.74 Å². The Balaban J connectivity index is 1.67. The van der Waals surface area contributed by atoms with Gasteiger partial charge in [-0.05, 0) is 36.8 Å². The first-order chi connectivity index (χ1) is 13.0. The van der Waals surface area contributed by atoms with E-state index in [-0.39, 0.29) is 5.91 Å². The molecule has 0 saturated carbocycles. The second-order valence-corrected chi connectivity index (χ2v) is 7.44. The normalized spacial score (nSPS) is 24.7. The number of aliphatic imine (C=N–C) groups is 1. The lowest BCUT2D eigenvalue weighted by Crippen LogP contribution is -2.41. The van der Waals surface area contributed by atoms with Crippen molar-refractivity contribution in [2.24, 2.45) is 4.99 Å². The number of carbonyl (C=O) groups excluding carboxylic acids is 1. The second kappa shape index (κ2) is 5.72. The standard InChI is InChI=1S/C18H17ClN6O2/c1-18(6-3-7-27-18)14-9-21-22-25(14)15-16-23(2)17(26)12-8-11(19)4-5-13(12)24(16)10-20-15/h4-5,8-10H,3,6-7H2,1-2H3/q+1. The Morgan fingerprint density at radius 3 is 3.00 bits per heavy atom. The van der Waals surface area contributed by atoms with E-state index in [9.17, 15) is 4.79 Å². The number of fused-ring (bicyclic) bond motifs is 3. The van der Waals surface area contributed by atoms with E-state index in [4.69, 9.17) is 16.3 Å². The van der Waals surface area contributed by atoms with Crippen molar-refractivity contribution >= 4 is 35.4 Å². The first-order valence-corrected chi connectivity index (χ1v) is 9.08. The first kappa shape index (κ1) is 16.6. The molecule has 1 unspecified atom stereocenters. The number of benzene rings is 1. The van der Waals surface area contributed by atoms with Gasteiger partial charge in [0, 0.05) is 24.7 Å². The van der Waals surface area contributed by atoms with Crippen LogP contribution >= 0.6 is 11.6 Å². The highest BCUT2D eigenvalue weighted by molar-refractivity contribution is 6.31. The first-order valence-electron chi connectivity index (χ1n) is 8.70. The van der Waals surface area contributed by atoms with Gasteiger partial charge in [0.05, 0.1) is 11.9 Å². The van der Waals surface area contributed by atoms with Gasteiger partial charge in [-0.2, -0.15) is 9.67 Å². The number of hydrogen-bond acceptors (Lipinski definition) is 6. The number of amides is 1. The third-order valence-corrected chi connectivity index (χ3v) is 5.54. The maximum Gasteiger partial charge on any atom is 0.318 e. The van der Waals surface area contributed by atoms with Gasteiger partial charge in [-0.25, -0.2) is 0 Å². The fourth-order valence-electron chi connectivity index (χ4n) is 3.87. The zero-order valence-electron chi connectivity index (χ0n) is 14.9. The minimum absolute atomic E-state index is 0.147. The third kappa shape index (κ3) is 2.30. The minimum atomic E-state index is -0.470. The second-order valence-electron chi connectivity index (χ2n) is 7.00. The molecule has 4 heterocycles. The van der Waals surface area contributed by atoms with E-state index in [0.29, 0.717) is 28.8 Å². The van der Waals surface area contributed by atoms with Gasteiger partial charge in [0.15, 0.2) is 0 Å². The molecule has 0 aliphatic carbocycles. The number of anilines is 1. The van der Waals surface area contributed by atoms with Crippen LogP contribution in [0.3, 0.4) is 0 Å². The summed E-state index contributed by atoms with van der Waals surface area (Å²) in [6.07, 6.45) is 5.25. The molecule has 1 fully saturated rings. The van der Waals surface area contributed by atoms with Crippen molar-refractivity contribution in [3.05, 3.63) is 46.5 Å². The van der Waals surface area contributed by atoms with Crippen LogP contribution in [0.25, 0.3) is 5.82 Å². The fraction of sp³-hybridized carbons (Fsp3) is 0.333. The van der Waals surface area contributed by atoms with Crippen molar-refractivity contribution in [3.63, 3.8) is 0 Å². The quantitative estimate of drug-likeness (QED) is 0.745. The Morgan fingerprint density at radius 1 is 1.37 bits per heavy atom. The number of halogens is 1. The average Bonchev–Trinajstić information content (AvgIpc) is 3.38. The number of ether oxygens (including phenoxy) is 1. The monoisotopic (exact) mass is 384 g/mol. The molecule has 2 aromatic rings. The molecular formula is C18H17ClN6O2+. The molecule has 0 bridgehead atoms. The fourth-order valence-corrected chi connectivity index (χ4v) is 4.04. The lowest BCUT2D eigenvalue weighted by molar-refractivity contribution is 0.0114. The van der Waals surface area contributed by atoms with Crippen LogP contribution in [0.4, 0.5) is 5.69 Å². The number of rotatable bonds is 2. The Bertz CT molecular complexity index is 1020. The molecule has 9 heteroatoms. The van der Waals surface area contributed by atoms with E-state index in [0.717, 1.165) is 24.2 Å². The average molecular weight is 385 g/mol. The van der Waals surface area contributed by atoms with Crippen molar-refractivity contribution in [3.8, 4) is 0 Å². The van der Waals surface area contributed by atoms with E-state index < -0.39 is 5.60 Å². The molecule has 1 atom stereocenters. The van der Waals surface area contributed by atoms with Crippen LogP contribution in [-0.2, 0) is 10.3 Å². The zero-order valence-corrected chi connectivity index (χ0v) is 15.6. The topological polar surface area (TPSA) is 78.5 Å². The maximum absolute atomic E-state index is 12.9. The van der Waals surface area contributed by atoms with Crippen molar-refractivity contribution < 1.29 is 9.53 Å². The van der Waals surface area contributed by atoms with Crippen molar-refractivity contribution in [1.29, 1.82) is 0 Å². The maximum atomic E-state index is 12.9. The van der Waals surface area contributed by atoms with Crippen molar-refractivity contribution in [2.45, 2.75) is 25.4 Å². The van der Waals surface area contributed by atoms with Gasteiger partial charge in [-0.1, -0.05) is 16.8 Å². The van der Waals surface area contributed by atoms with Gasteiger partial charge in [0.1, 0.15) is 11.2 Å². The zero-order chi connectivity index (χ0) is 18.8. The summed E-state index contributed by atoms with van der Waals surface area (Å²) >= 11 is 6.08. The van der Waals surface area contributed by atoms with Crippen LogP contribution in [0.5, 0.6) is 0 Å². The van der Waals surface area contributed by atoms with Gasteiger partial charge in [0.25, 0.3) is 12.2 Å². The SMILES string of the molecule is CN1C(=O)c2cc(Cl)ccc2[N+]2C=NC(n3nncc3C3(C)CCCO3)=C12. The molecule has 0 N–H and O–H groups in total. The molecular weight excluding hydrogens is 368 g/mol. The molecule has 5 rings (SSSR count). The van der Waals surface area contributed by atoms with E-state index >= 15 is 0 Å². The summed E-state index contributed by atoms with van der Waals surface area (Å²) in [4.78, 5) is 20.9. The molecule has 3 aliphatic rings. The highest BCUT2D eigenvalue weighted by Gasteiger charge is 2.48. The van der Waals surface area contributed by atoms with Crippen LogP contribution in [0.2, 0.25) is 5.02 Å². The van der Waals surface area contributed by atoms with E-state index in [2.05, 4.69) is 15.3 Å². The molecule has 3 aliphatic heterocycles. The van der Waals surface area contributed by atoms with E-state index in [1.165, 1.54) is 0 Å². The minimum Gasteiger partial charge on any atom is -0.369 e. The molecule has 8 nitrogen and oxygen atoms in total. The van der Waals surface area contributed by atoms with Crippen LogP contribution in [0, 0.1) is 0 Å². The molecule has 137 valence electrons. The van der Waals surface area contributed by atoms with Gasteiger partial charge >= 0.3 is 5.82 Å². The van der Waals surface area contributed by atoms with Crippen molar-refractivity contribution in [1.82, 2.24) is 24.8 Å². The van der Waals surface area contributed by atoms with Crippen LogP contribution in [-0.4, -0.2) is 45.8 Å². The predicted molar refractivity (Wildman–Crippen MR) is 99.6 cm³/mol. The summed E-state index contributed by atoms with van der Waals surface area (Å²) in [6, 6.07) is 5.25. The number of aromatic nitrogens is 3. The summed E-state index contributed by atoms with van der Waals surface area (Å²) in [6.45, 7) is 2.74. The van der Waals surface area contributed by atoms with Gasteiger partial charge in [-0.15, -0.1) is 5.10 Å². The highest BCUT2D eigenvalue weighted by atomic mass is 35.5. The number of nitrogens with zero attached hydrogens (tertiary/aromatic N) is 6. The van der Waals surface area contributed by atoms with Gasteiger partial charge in [0.2, 0.25) is 11.5 Å². The Hall–Kier alpha value is -2.55. The summed E-state index contributed by atoms with van der Waals surface area (Å²) in [5, 5.41) is 8.84. The Morgan fingerprint density at radius 2 is 2.22 bits per heavy atom. The lowest BCUT2D eigenvalue weighted by atomic mass is 9.99. The van der Waals surface area contributed by atoms with Crippen molar-refractivity contribution in [2.75, 3.05) is 13.7 Å².